The van der Waals surface area contributed by atoms with Crippen LogP contribution in [0.1, 0.15) is 36.0 Å². The first-order valence-corrected chi connectivity index (χ1v) is 10.1. The molecule has 3 nitrogen and oxygen atoms in total. The molecule has 3 heteroatoms. The van der Waals surface area contributed by atoms with Gasteiger partial charge in [-0.2, -0.15) is 5.10 Å². The maximum atomic E-state index is 5.27. The molecule has 0 spiro atoms. The average Bonchev–Trinajstić information content (AvgIpc) is 3.25. The number of unbranched alkanes of at least 4 members (excludes halogenated alkanes) is 1. The fraction of sp³-hybridized carbons (Fsp3) is 0.192. The van der Waals surface area contributed by atoms with E-state index >= 15 is 0 Å². The number of H-pyrrole nitrogens is 1. The molecule has 3 aromatic carbocycles. The normalized spacial score (nSPS) is 12.2. The van der Waals surface area contributed by atoms with E-state index in [0.29, 0.717) is 0 Å². The van der Waals surface area contributed by atoms with Crippen LogP contribution in [0.3, 0.4) is 0 Å². The quantitative estimate of drug-likeness (QED) is 0.285. The third-order valence-electron chi connectivity index (χ3n) is 5.24. The lowest BCUT2D eigenvalue weighted by Crippen LogP contribution is -1.97. The van der Waals surface area contributed by atoms with Crippen molar-refractivity contribution in [2.24, 2.45) is 0 Å². The van der Waals surface area contributed by atoms with Gasteiger partial charge in [-0.05, 0) is 59.2 Å². The molecule has 1 N–H and O–H groups in total. The Morgan fingerprint density at radius 2 is 1.55 bits per heavy atom. The Morgan fingerprint density at radius 1 is 0.828 bits per heavy atom. The molecule has 1 aromatic heterocycles. The van der Waals surface area contributed by atoms with Crippen molar-refractivity contribution >= 4 is 22.0 Å². The van der Waals surface area contributed by atoms with Crippen LogP contribution in [0.5, 0.6) is 0 Å². The lowest BCUT2D eigenvalue weighted by Gasteiger charge is -2.18. The summed E-state index contributed by atoms with van der Waals surface area (Å²) in [6.07, 6.45) is 5.03. The first-order chi connectivity index (χ1) is 14.4. The van der Waals surface area contributed by atoms with E-state index in [2.05, 4.69) is 89.1 Å². The average molecular weight is 383 g/mol. The predicted molar refractivity (Wildman–Crippen MR) is 121 cm³/mol. The highest BCUT2D eigenvalue weighted by atomic mass is 16.5. The minimum Gasteiger partial charge on any atom is -0.385 e. The third kappa shape index (κ3) is 4.47. The first kappa shape index (κ1) is 19.2. The van der Waals surface area contributed by atoms with Crippen molar-refractivity contribution in [3.63, 3.8) is 0 Å². The molecular formula is C26H26N2O. The number of nitrogens with zero attached hydrogens (tertiary/aromatic N) is 1. The van der Waals surface area contributed by atoms with Crippen LogP contribution in [-0.4, -0.2) is 23.9 Å². The number of benzene rings is 3. The van der Waals surface area contributed by atoms with Gasteiger partial charge >= 0.3 is 0 Å². The minimum atomic E-state index is 0.795. The maximum absolute atomic E-state index is 5.27. The molecule has 0 aliphatic rings. The molecule has 4 aromatic rings. The van der Waals surface area contributed by atoms with Gasteiger partial charge in [-0.15, -0.1) is 0 Å². The van der Waals surface area contributed by atoms with Crippen LogP contribution in [0.4, 0.5) is 0 Å². The Labute approximate surface area is 172 Å². The fourth-order valence-electron chi connectivity index (χ4n) is 3.82. The summed E-state index contributed by atoms with van der Waals surface area (Å²) < 4.78 is 5.27. The molecule has 0 saturated heterocycles. The highest BCUT2D eigenvalue weighted by Gasteiger charge is 2.14. The molecule has 0 radical (unpaired) electrons. The second-order valence-corrected chi connectivity index (χ2v) is 7.21. The highest BCUT2D eigenvalue weighted by molar-refractivity contribution is 6.00. The number of nitrogens with one attached hydrogen (secondary N) is 1. The number of allylic oxidation sites excluding steroid dienone is 1. The predicted octanol–water partition coefficient (Wildman–Crippen LogP) is 6.34. The molecule has 0 aliphatic heterocycles. The summed E-state index contributed by atoms with van der Waals surface area (Å²) in [6, 6.07) is 28.0. The molecule has 1 heterocycles. The third-order valence-corrected chi connectivity index (χ3v) is 5.24. The monoisotopic (exact) mass is 382 g/mol. The van der Waals surface area contributed by atoms with E-state index in [9.17, 15) is 0 Å². The number of fused-ring (bicyclic) bond motifs is 1. The van der Waals surface area contributed by atoms with Gasteiger partial charge < -0.3 is 4.74 Å². The van der Waals surface area contributed by atoms with Crippen LogP contribution in [0.25, 0.3) is 22.0 Å². The standard InChI is InChI=1S/C26H26N2O/c1-29-17-9-8-14-24(20-10-4-2-5-11-20)26(21-12-6-3-7-13-21)22-15-16-25-23(18-22)19-27-28-25/h2-7,10-13,15-16,18-19H,8-9,14,17H2,1H3,(H,27,28)/b26-24+. The van der Waals surface area contributed by atoms with Crippen molar-refractivity contribution in [1.82, 2.24) is 10.2 Å². The second kappa shape index (κ2) is 9.35. The Hall–Kier alpha value is -3.17. The molecule has 0 amide bonds. The first-order valence-electron chi connectivity index (χ1n) is 10.1. The Balaban J connectivity index is 1.89. The summed E-state index contributed by atoms with van der Waals surface area (Å²) in [5.41, 5.74) is 7.45. The van der Waals surface area contributed by atoms with Crippen LogP contribution in [0.15, 0.2) is 85.1 Å². The number of hydrogen-bond acceptors (Lipinski definition) is 2. The summed E-state index contributed by atoms with van der Waals surface area (Å²) in [6.45, 7) is 0.795. The van der Waals surface area contributed by atoms with E-state index < -0.39 is 0 Å². The summed E-state index contributed by atoms with van der Waals surface area (Å²) in [7, 11) is 1.77. The van der Waals surface area contributed by atoms with Gasteiger partial charge in [-0.25, -0.2) is 0 Å². The molecule has 0 saturated carbocycles. The van der Waals surface area contributed by atoms with Gasteiger partial charge in [0.2, 0.25) is 0 Å². The van der Waals surface area contributed by atoms with Gasteiger partial charge in [0.15, 0.2) is 0 Å². The van der Waals surface area contributed by atoms with Gasteiger partial charge in [-0.3, -0.25) is 5.10 Å². The van der Waals surface area contributed by atoms with Gasteiger partial charge in [0.1, 0.15) is 0 Å². The Bertz CT molecular complexity index is 1080. The van der Waals surface area contributed by atoms with Crippen molar-refractivity contribution < 1.29 is 4.74 Å². The van der Waals surface area contributed by atoms with Crippen LogP contribution in [-0.2, 0) is 4.74 Å². The molecule has 29 heavy (non-hydrogen) atoms. The Kier molecular flexibility index (Phi) is 6.18. The van der Waals surface area contributed by atoms with Crippen molar-refractivity contribution in [2.45, 2.75) is 19.3 Å². The van der Waals surface area contributed by atoms with Gasteiger partial charge in [0, 0.05) is 19.1 Å². The number of aromatic amines is 1. The second-order valence-electron chi connectivity index (χ2n) is 7.21. The number of methoxy groups -OCH3 is 1. The zero-order chi connectivity index (χ0) is 19.9. The number of rotatable bonds is 8. The molecule has 0 fully saturated rings. The van der Waals surface area contributed by atoms with Crippen LogP contribution >= 0.6 is 0 Å². The van der Waals surface area contributed by atoms with Crippen LogP contribution < -0.4 is 0 Å². The van der Waals surface area contributed by atoms with Crippen molar-refractivity contribution in [1.29, 1.82) is 0 Å². The smallest absolute Gasteiger partial charge is 0.0650 e. The topological polar surface area (TPSA) is 37.9 Å². The fourth-order valence-corrected chi connectivity index (χ4v) is 3.82. The van der Waals surface area contributed by atoms with E-state index in [-0.39, 0.29) is 0 Å². The van der Waals surface area contributed by atoms with Gasteiger partial charge in [0.25, 0.3) is 0 Å². The Morgan fingerprint density at radius 3 is 2.28 bits per heavy atom. The highest BCUT2D eigenvalue weighted by Crippen LogP contribution is 2.36. The summed E-state index contributed by atoms with van der Waals surface area (Å²) in [4.78, 5) is 0. The molecular weight excluding hydrogens is 356 g/mol. The van der Waals surface area contributed by atoms with Crippen molar-refractivity contribution in [3.8, 4) is 0 Å². The largest absolute Gasteiger partial charge is 0.385 e. The molecule has 0 aliphatic carbocycles. The number of ether oxygens (including phenoxy) is 1. The van der Waals surface area contributed by atoms with E-state index in [4.69, 9.17) is 4.74 Å². The summed E-state index contributed by atoms with van der Waals surface area (Å²) >= 11 is 0. The zero-order valence-corrected chi connectivity index (χ0v) is 16.8. The summed E-state index contributed by atoms with van der Waals surface area (Å²) in [5, 5.41) is 8.37. The molecule has 0 atom stereocenters. The molecule has 0 bridgehead atoms. The van der Waals surface area contributed by atoms with Gasteiger partial charge in [0.05, 0.1) is 11.7 Å². The molecule has 0 unspecified atom stereocenters. The van der Waals surface area contributed by atoms with Crippen LogP contribution in [0.2, 0.25) is 0 Å². The van der Waals surface area contributed by atoms with E-state index in [1.165, 1.54) is 27.8 Å². The van der Waals surface area contributed by atoms with E-state index in [1.807, 2.05) is 6.20 Å². The lowest BCUT2D eigenvalue weighted by atomic mass is 9.86. The SMILES string of the molecule is COCCCC/C(=C(/c1ccccc1)c1ccc2[nH]ncc2c1)c1ccccc1. The van der Waals surface area contributed by atoms with Crippen molar-refractivity contribution in [2.75, 3.05) is 13.7 Å². The number of hydrogen-bond donors (Lipinski definition) is 1. The maximum Gasteiger partial charge on any atom is 0.0650 e. The van der Waals surface area contributed by atoms with Crippen LogP contribution in [0, 0.1) is 0 Å². The van der Waals surface area contributed by atoms with Crippen molar-refractivity contribution in [3.05, 3.63) is 102 Å². The molecule has 4 rings (SSSR count). The lowest BCUT2D eigenvalue weighted by molar-refractivity contribution is 0.193. The van der Waals surface area contributed by atoms with E-state index in [0.717, 1.165) is 36.8 Å². The van der Waals surface area contributed by atoms with E-state index in [1.54, 1.807) is 7.11 Å². The minimum absolute atomic E-state index is 0.795. The summed E-state index contributed by atoms with van der Waals surface area (Å²) in [5.74, 6) is 0. The number of aromatic nitrogens is 2. The zero-order valence-electron chi connectivity index (χ0n) is 16.8. The van der Waals surface area contributed by atoms with Gasteiger partial charge in [-0.1, -0.05) is 66.7 Å². The molecule has 146 valence electrons.